The maximum Gasteiger partial charge on any atom is 0.205 e. The molecule has 0 bridgehead atoms. The number of phenols is 1. The van der Waals surface area contributed by atoms with Gasteiger partial charge >= 0.3 is 0 Å². The van der Waals surface area contributed by atoms with Crippen molar-refractivity contribution in [3.8, 4) is 17.2 Å². The molecular weight excluding hydrogens is 236 g/mol. The van der Waals surface area contributed by atoms with Gasteiger partial charge in [0.25, 0.3) is 0 Å². The van der Waals surface area contributed by atoms with Crippen molar-refractivity contribution in [3.63, 3.8) is 0 Å². The van der Waals surface area contributed by atoms with E-state index in [1.807, 2.05) is 4.90 Å². The number of hydrogen-bond acceptors (Lipinski definition) is 6. The highest BCUT2D eigenvalue weighted by Gasteiger charge is 2.26. The Kier molecular flexibility index (Phi) is 2.89. The van der Waals surface area contributed by atoms with Crippen LogP contribution in [0, 0.1) is 0 Å². The second kappa shape index (κ2) is 4.55. The number of anilines is 1. The van der Waals surface area contributed by atoms with Crippen molar-refractivity contribution >= 4 is 5.69 Å². The molecule has 1 unspecified atom stereocenters. The van der Waals surface area contributed by atoms with Gasteiger partial charge in [-0.1, -0.05) is 0 Å². The van der Waals surface area contributed by atoms with Gasteiger partial charge in [0.2, 0.25) is 5.75 Å². The predicted molar refractivity (Wildman–Crippen MR) is 65.3 cm³/mol. The fraction of sp³-hybridized carbons (Fsp3) is 0.500. The van der Waals surface area contributed by atoms with Crippen LogP contribution in [-0.4, -0.2) is 49.3 Å². The number of aliphatic hydroxyl groups excluding tert-OH is 1. The van der Waals surface area contributed by atoms with Crippen LogP contribution in [0.4, 0.5) is 5.69 Å². The summed E-state index contributed by atoms with van der Waals surface area (Å²) in [5, 5.41) is 22.3. The first-order valence-corrected chi connectivity index (χ1v) is 6.03. The number of hydrogen-bond donors (Lipinski definition) is 3. The second-order valence-electron chi connectivity index (χ2n) is 4.37. The maximum atomic E-state index is 9.75. The van der Waals surface area contributed by atoms with Gasteiger partial charge < -0.3 is 24.6 Å². The van der Waals surface area contributed by atoms with E-state index in [2.05, 4.69) is 5.32 Å². The quantitative estimate of drug-likeness (QED) is 0.647. The molecule has 2 aliphatic heterocycles. The van der Waals surface area contributed by atoms with Crippen molar-refractivity contribution in [1.82, 2.24) is 5.32 Å². The van der Waals surface area contributed by atoms with Crippen LogP contribution in [0.2, 0.25) is 0 Å². The zero-order valence-electron chi connectivity index (χ0n) is 9.93. The summed E-state index contributed by atoms with van der Waals surface area (Å²) in [6.45, 7) is 2.88. The average molecular weight is 252 g/mol. The Labute approximate surface area is 105 Å². The molecule has 1 aromatic rings. The predicted octanol–water partition coefficient (Wildman–Crippen LogP) is -0.109. The minimum absolute atomic E-state index is 0.0872. The molecule has 2 heterocycles. The largest absolute Gasteiger partial charge is 0.504 e. The molecule has 98 valence electrons. The number of phenolic OH excluding ortho intramolecular Hbond substituents is 1. The SMILES string of the molecule is Oc1ccc(N2CCNC(O)C2)c2c1OCCO2. The maximum absolute atomic E-state index is 9.75. The van der Waals surface area contributed by atoms with Crippen LogP contribution in [0.1, 0.15) is 0 Å². The van der Waals surface area contributed by atoms with Crippen LogP contribution in [0.3, 0.4) is 0 Å². The van der Waals surface area contributed by atoms with Gasteiger partial charge in [-0.2, -0.15) is 0 Å². The molecule has 2 aliphatic rings. The van der Waals surface area contributed by atoms with E-state index in [4.69, 9.17) is 9.47 Å². The summed E-state index contributed by atoms with van der Waals surface area (Å²) in [4.78, 5) is 2.02. The standard InChI is InChI=1S/C12H16N2O4/c15-9-2-1-8(11-12(9)18-6-5-17-11)14-4-3-13-10(16)7-14/h1-2,10,13,15-16H,3-7H2. The lowest BCUT2D eigenvalue weighted by molar-refractivity contribution is 0.129. The number of aromatic hydroxyl groups is 1. The Hall–Kier alpha value is -1.66. The molecule has 6 nitrogen and oxygen atoms in total. The molecular formula is C12H16N2O4. The molecule has 1 aromatic carbocycles. The van der Waals surface area contributed by atoms with Crippen molar-refractivity contribution in [2.24, 2.45) is 0 Å². The van der Waals surface area contributed by atoms with Gasteiger partial charge in [0, 0.05) is 13.1 Å². The van der Waals surface area contributed by atoms with Crippen LogP contribution in [0.25, 0.3) is 0 Å². The van der Waals surface area contributed by atoms with Crippen molar-refractivity contribution < 1.29 is 19.7 Å². The third-order valence-corrected chi connectivity index (χ3v) is 3.14. The lowest BCUT2D eigenvalue weighted by Gasteiger charge is -2.34. The molecule has 0 radical (unpaired) electrons. The number of β-amino-alcohol motifs (C(OH)–C–C–N with tert-alkyl or cyclic N) is 1. The summed E-state index contributed by atoms with van der Waals surface area (Å²) in [7, 11) is 0. The molecule has 1 fully saturated rings. The minimum Gasteiger partial charge on any atom is -0.504 e. The van der Waals surface area contributed by atoms with Gasteiger partial charge in [0.1, 0.15) is 19.4 Å². The molecule has 6 heteroatoms. The lowest BCUT2D eigenvalue weighted by Crippen LogP contribution is -2.50. The highest BCUT2D eigenvalue weighted by Crippen LogP contribution is 2.45. The number of ether oxygens (including phenoxy) is 2. The van der Waals surface area contributed by atoms with E-state index in [1.54, 1.807) is 12.1 Å². The smallest absolute Gasteiger partial charge is 0.205 e. The van der Waals surface area contributed by atoms with E-state index >= 15 is 0 Å². The first-order chi connectivity index (χ1) is 8.75. The number of nitrogens with zero attached hydrogens (tertiary/aromatic N) is 1. The van der Waals surface area contributed by atoms with Crippen LogP contribution < -0.4 is 19.7 Å². The Morgan fingerprint density at radius 1 is 1.22 bits per heavy atom. The summed E-state index contributed by atoms with van der Waals surface area (Å²) in [6.07, 6.45) is -0.548. The number of rotatable bonds is 1. The average Bonchev–Trinajstić information content (AvgIpc) is 2.39. The van der Waals surface area contributed by atoms with E-state index in [-0.39, 0.29) is 5.75 Å². The van der Waals surface area contributed by atoms with Crippen molar-refractivity contribution in [2.45, 2.75) is 6.23 Å². The van der Waals surface area contributed by atoms with Crippen molar-refractivity contribution in [1.29, 1.82) is 0 Å². The van der Waals surface area contributed by atoms with Gasteiger partial charge in [0.15, 0.2) is 11.5 Å². The summed E-state index contributed by atoms with van der Waals surface area (Å²) in [5.74, 6) is 1.05. The summed E-state index contributed by atoms with van der Waals surface area (Å²) < 4.78 is 11.0. The molecule has 1 saturated heterocycles. The number of piperazine rings is 1. The van der Waals surface area contributed by atoms with Crippen LogP contribution in [0.5, 0.6) is 17.2 Å². The van der Waals surface area contributed by atoms with Crippen LogP contribution in [-0.2, 0) is 0 Å². The zero-order chi connectivity index (χ0) is 12.5. The molecule has 0 spiro atoms. The van der Waals surface area contributed by atoms with E-state index in [0.29, 0.717) is 37.8 Å². The monoisotopic (exact) mass is 252 g/mol. The number of benzene rings is 1. The first-order valence-electron chi connectivity index (χ1n) is 6.03. The van der Waals surface area contributed by atoms with Gasteiger partial charge in [-0.3, -0.25) is 5.32 Å². The van der Waals surface area contributed by atoms with E-state index in [0.717, 1.165) is 12.2 Å². The molecule has 0 saturated carbocycles. The minimum atomic E-state index is -0.548. The summed E-state index contributed by atoms with van der Waals surface area (Å²) in [6, 6.07) is 3.39. The topological polar surface area (TPSA) is 74.2 Å². The first kappa shape index (κ1) is 11.4. The van der Waals surface area contributed by atoms with Gasteiger partial charge in [0.05, 0.1) is 12.2 Å². The van der Waals surface area contributed by atoms with Crippen LogP contribution >= 0.6 is 0 Å². The van der Waals surface area contributed by atoms with E-state index in [9.17, 15) is 10.2 Å². The van der Waals surface area contributed by atoms with Crippen molar-refractivity contribution in [2.75, 3.05) is 37.7 Å². The third kappa shape index (κ3) is 1.93. The highest BCUT2D eigenvalue weighted by atomic mass is 16.6. The molecule has 3 rings (SSSR count). The van der Waals surface area contributed by atoms with Gasteiger partial charge in [-0.05, 0) is 12.1 Å². The Morgan fingerprint density at radius 2 is 2.00 bits per heavy atom. The highest BCUT2D eigenvalue weighted by molar-refractivity contribution is 5.69. The Morgan fingerprint density at radius 3 is 2.78 bits per heavy atom. The molecule has 0 amide bonds. The van der Waals surface area contributed by atoms with Gasteiger partial charge in [-0.15, -0.1) is 0 Å². The lowest BCUT2D eigenvalue weighted by atomic mass is 10.2. The van der Waals surface area contributed by atoms with Gasteiger partial charge in [-0.25, -0.2) is 0 Å². The third-order valence-electron chi connectivity index (χ3n) is 3.14. The molecule has 0 aliphatic carbocycles. The number of nitrogens with one attached hydrogen (secondary N) is 1. The van der Waals surface area contributed by atoms with Crippen molar-refractivity contribution in [3.05, 3.63) is 12.1 Å². The number of fused-ring (bicyclic) bond motifs is 1. The zero-order valence-corrected chi connectivity index (χ0v) is 9.93. The van der Waals surface area contributed by atoms with E-state index < -0.39 is 6.23 Å². The number of aliphatic hydroxyl groups is 1. The summed E-state index contributed by atoms with van der Waals surface area (Å²) in [5.41, 5.74) is 0.850. The Balaban J connectivity index is 1.96. The molecule has 3 N–H and O–H groups in total. The fourth-order valence-corrected chi connectivity index (χ4v) is 2.31. The van der Waals surface area contributed by atoms with Crippen LogP contribution in [0.15, 0.2) is 12.1 Å². The second-order valence-corrected chi connectivity index (χ2v) is 4.37. The summed E-state index contributed by atoms with van der Waals surface area (Å²) >= 11 is 0. The Bertz CT molecular complexity index is 452. The molecule has 0 aromatic heterocycles. The van der Waals surface area contributed by atoms with E-state index in [1.165, 1.54) is 0 Å². The normalized spacial score (nSPS) is 22.9. The molecule has 1 atom stereocenters. The molecule has 18 heavy (non-hydrogen) atoms. The fourth-order valence-electron chi connectivity index (χ4n) is 2.31.